The molecule has 1 N–H and O–H groups in total. The first kappa shape index (κ1) is 10.3. The number of hydrogen-bond donors (Lipinski definition) is 1. The van der Waals surface area contributed by atoms with Crippen LogP contribution in [0.4, 0.5) is 4.79 Å². The van der Waals surface area contributed by atoms with Crippen LogP contribution in [0.15, 0.2) is 0 Å². The van der Waals surface area contributed by atoms with Crippen molar-refractivity contribution >= 4 is 6.09 Å². The van der Waals surface area contributed by atoms with Crippen molar-refractivity contribution in [2.24, 2.45) is 0 Å². The smallest absolute Gasteiger partial charge is 0.407 e. The van der Waals surface area contributed by atoms with Crippen LogP contribution in [0.3, 0.4) is 0 Å². The van der Waals surface area contributed by atoms with Crippen molar-refractivity contribution in [2.45, 2.75) is 31.3 Å². The van der Waals surface area contributed by atoms with Gasteiger partial charge in [-0.25, -0.2) is 4.79 Å². The molecule has 0 spiro atoms. The normalized spacial score (nSPS) is 31.8. The summed E-state index contributed by atoms with van der Waals surface area (Å²) in [6.45, 7) is 1.99. The van der Waals surface area contributed by atoms with Gasteiger partial charge in [0.15, 0.2) is 0 Å². The van der Waals surface area contributed by atoms with Gasteiger partial charge in [0, 0.05) is 25.7 Å². The molecule has 2 aliphatic heterocycles. The molecule has 2 atom stereocenters. The fourth-order valence-electron chi connectivity index (χ4n) is 2.60. The second-order valence-corrected chi connectivity index (χ2v) is 4.23. The van der Waals surface area contributed by atoms with Crippen molar-refractivity contribution in [1.82, 2.24) is 9.80 Å². The summed E-state index contributed by atoms with van der Waals surface area (Å²) in [5.41, 5.74) is 0. The highest BCUT2D eigenvalue weighted by molar-refractivity contribution is 5.65. The molecule has 2 saturated heterocycles. The molecule has 15 heavy (non-hydrogen) atoms. The van der Waals surface area contributed by atoms with Crippen LogP contribution in [0, 0.1) is 12.3 Å². The maximum absolute atomic E-state index is 10.8. The molecule has 2 aliphatic rings. The van der Waals surface area contributed by atoms with Crippen molar-refractivity contribution in [2.75, 3.05) is 19.6 Å². The molecular formula is C11H16N2O2. The molecule has 2 rings (SSSR count). The highest BCUT2D eigenvalue weighted by Crippen LogP contribution is 2.25. The Hall–Kier alpha value is -1.21. The maximum atomic E-state index is 10.8. The zero-order chi connectivity index (χ0) is 10.8. The molecule has 0 bridgehead atoms. The van der Waals surface area contributed by atoms with Crippen molar-refractivity contribution in [3.8, 4) is 12.3 Å². The third kappa shape index (κ3) is 1.93. The molecular weight excluding hydrogens is 192 g/mol. The summed E-state index contributed by atoms with van der Waals surface area (Å²) in [6.07, 6.45) is 7.92. The van der Waals surface area contributed by atoms with Gasteiger partial charge in [0.25, 0.3) is 0 Å². The minimum Gasteiger partial charge on any atom is -0.465 e. The number of terminal acetylenes is 1. The molecule has 0 aromatic carbocycles. The van der Waals surface area contributed by atoms with Crippen molar-refractivity contribution in [3.63, 3.8) is 0 Å². The number of carbonyl (C=O) groups is 1. The lowest BCUT2D eigenvalue weighted by Crippen LogP contribution is -2.58. The van der Waals surface area contributed by atoms with Gasteiger partial charge in [-0.05, 0) is 19.3 Å². The Labute approximate surface area is 89.9 Å². The highest BCUT2D eigenvalue weighted by atomic mass is 16.4. The Kier molecular flexibility index (Phi) is 2.83. The predicted octanol–water partition coefficient (Wildman–Crippen LogP) is 0.836. The SMILES string of the molecule is C#C[C@H]1CCC[C@H]2CN(C(=O)O)CCN21. The Morgan fingerprint density at radius 3 is 2.87 bits per heavy atom. The molecule has 82 valence electrons. The van der Waals surface area contributed by atoms with Gasteiger partial charge in [0.05, 0.1) is 6.04 Å². The summed E-state index contributed by atoms with van der Waals surface area (Å²) in [7, 11) is 0. The molecule has 0 aliphatic carbocycles. The lowest BCUT2D eigenvalue weighted by Gasteiger charge is -2.45. The summed E-state index contributed by atoms with van der Waals surface area (Å²) < 4.78 is 0. The molecule has 2 fully saturated rings. The number of amides is 1. The third-order valence-electron chi connectivity index (χ3n) is 3.41. The van der Waals surface area contributed by atoms with Gasteiger partial charge >= 0.3 is 6.09 Å². The Bertz CT molecular complexity index is 297. The fourth-order valence-corrected chi connectivity index (χ4v) is 2.60. The lowest BCUT2D eigenvalue weighted by molar-refractivity contribution is 0.0312. The zero-order valence-electron chi connectivity index (χ0n) is 8.72. The predicted molar refractivity (Wildman–Crippen MR) is 56.6 cm³/mol. The zero-order valence-corrected chi connectivity index (χ0v) is 8.72. The van der Waals surface area contributed by atoms with Crippen LogP contribution in [0.25, 0.3) is 0 Å². The maximum Gasteiger partial charge on any atom is 0.407 e. The van der Waals surface area contributed by atoms with Crippen LogP contribution < -0.4 is 0 Å². The van der Waals surface area contributed by atoms with Gasteiger partial charge in [-0.15, -0.1) is 6.42 Å². The first-order chi connectivity index (χ1) is 7.22. The number of hydrogen-bond acceptors (Lipinski definition) is 2. The molecule has 4 heteroatoms. The summed E-state index contributed by atoms with van der Waals surface area (Å²) in [4.78, 5) is 14.6. The molecule has 0 aromatic heterocycles. The first-order valence-electron chi connectivity index (χ1n) is 5.42. The number of piperidine rings is 1. The summed E-state index contributed by atoms with van der Waals surface area (Å²) in [5, 5.41) is 8.92. The topological polar surface area (TPSA) is 43.8 Å². The van der Waals surface area contributed by atoms with Gasteiger partial charge in [0.2, 0.25) is 0 Å². The second kappa shape index (κ2) is 4.11. The number of nitrogens with zero attached hydrogens (tertiary/aromatic N) is 2. The average molecular weight is 208 g/mol. The van der Waals surface area contributed by atoms with E-state index in [1.165, 1.54) is 4.90 Å². The van der Waals surface area contributed by atoms with Crippen molar-refractivity contribution in [3.05, 3.63) is 0 Å². The van der Waals surface area contributed by atoms with Crippen LogP contribution in [0.2, 0.25) is 0 Å². The van der Waals surface area contributed by atoms with Gasteiger partial charge in [-0.3, -0.25) is 4.90 Å². The minimum absolute atomic E-state index is 0.222. The summed E-state index contributed by atoms with van der Waals surface area (Å²) >= 11 is 0. The molecule has 0 radical (unpaired) electrons. The van der Waals surface area contributed by atoms with E-state index in [-0.39, 0.29) is 6.04 Å². The molecule has 4 nitrogen and oxygen atoms in total. The van der Waals surface area contributed by atoms with E-state index < -0.39 is 6.09 Å². The van der Waals surface area contributed by atoms with Crippen LogP contribution >= 0.6 is 0 Å². The molecule has 2 heterocycles. The molecule has 0 aromatic rings. The van der Waals surface area contributed by atoms with Crippen LogP contribution in [-0.2, 0) is 0 Å². The van der Waals surface area contributed by atoms with Gasteiger partial charge in [-0.2, -0.15) is 0 Å². The lowest BCUT2D eigenvalue weighted by atomic mass is 9.94. The number of fused-ring (bicyclic) bond motifs is 1. The quantitative estimate of drug-likeness (QED) is 0.600. The van der Waals surface area contributed by atoms with Crippen LogP contribution in [0.5, 0.6) is 0 Å². The van der Waals surface area contributed by atoms with Gasteiger partial charge in [-0.1, -0.05) is 5.92 Å². The van der Waals surface area contributed by atoms with E-state index in [4.69, 9.17) is 11.5 Å². The van der Waals surface area contributed by atoms with E-state index in [2.05, 4.69) is 10.8 Å². The molecule has 0 saturated carbocycles. The van der Waals surface area contributed by atoms with E-state index in [0.717, 1.165) is 25.8 Å². The summed E-state index contributed by atoms with van der Waals surface area (Å²) in [6, 6.07) is 0.560. The second-order valence-electron chi connectivity index (χ2n) is 4.23. The minimum atomic E-state index is -0.808. The largest absolute Gasteiger partial charge is 0.465 e. The average Bonchev–Trinajstić information content (AvgIpc) is 2.27. The number of carboxylic acid groups (broad SMARTS) is 1. The van der Waals surface area contributed by atoms with E-state index in [0.29, 0.717) is 19.1 Å². The third-order valence-corrected chi connectivity index (χ3v) is 3.41. The standard InChI is InChI=1S/C11H16N2O2/c1-2-9-4-3-5-10-8-12(11(14)15)6-7-13(9)10/h1,9-10H,3-8H2,(H,14,15)/t9-,10-/m0/s1. The van der Waals surface area contributed by atoms with E-state index in [1.54, 1.807) is 0 Å². The molecule has 1 amide bonds. The van der Waals surface area contributed by atoms with E-state index in [9.17, 15) is 4.79 Å². The Morgan fingerprint density at radius 2 is 2.20 bits per heavy atom. The van der Waals surface area contributed by atoms with Crippen LogP contribution in [-0.4, -0.2) is 52.7 Å². The number of rotatable bonds is 0. The highest BCUT2D eigenvalue weighted by Gasteiger charge is 2.35. The first-order valence-corrected chi connectivity index (χ1v) is 5.42. The van der Waals surface area contributed by atoms with Crippen molar-refractivity contribution in [1.29, 1.82) is 0 Å². The summed E-state index contributed by atoms with van der Waals surface area (Å²) in [5.74, 6) is 2.81. The monoisotopic (exact) mass is 208 g/mol. The molecule has 0 unspecified atom stereocenters. The fraction of sp³-hybridized carbons (Fsp3) is 0.727. The Balaban J connectivity index is 2.03. The Morgan fingerprint density at radius 1 is 1.40 bits per heavy atom. The van der Waals surface area contributed by atoms with E-state index in [1.807, 2.05) is 0 Å². The number of piperazine rings is 1. The van der Waals surface area contributed by atoms with Gasteiger partial charge < -0.3 is 10.0 Å². The van der Waals surface area contributed by atoms with Gasteiger partial charge in [0.1, 0.15) is 0 Å². The van der Waals surface area contributed by atoms with Crippen LogP contribution in [0.1, 0.15) is 19.3 Å². The van der Waals surface area contributed by atoms with Crippen molar-refractivity contribution < 1.29 is 9.90 Å². The van der Waals surface area contributed by atoms with E-state index >= 15 is 0 Å².